The summed E-state index contributed by atoms with van der Waals surface area (Å²) in [6.45, 7) is 2.58. The lowest BCUT2D eigenvalue weighted by Gasteiger charge is -2.21. The van der Waals surface area contributed by atoms with Gasteiger partial charge >= 0.3 is 5.97 Å². The Hall–Kier alpha value is -0.610. The van der Waals surface area contributed by atoms with E-state index in [2.05, 4.69) is 5.32 Å². The first-order chi connectivity index (χ1) is 6.20. The number of nitrogens with one attached hydrogen (secondary N) is 1. The van der Waals surface area contributed by atoms with Gasteiger partial charge in [0.1, 0.15) is 12.6 Å². The van der Waals surface area contributed by atoms with Gasteiger partial charge < -0.3 is 15.2 Å². The van der Waals surface area contributed by atoms with Crippen LogP contribution in [0.5, 0.6) is 0 Å². The zero-order valence-electron chi connectivity index (χ0n) is 7.95. The van der Waals surface area contributed by atoms with Crippen molar-refractivity contribution in [3.8, 4) is 0 Å². The first kappa shape index (κ1) is 10.5. The monoisotopic (exact) mass is 187 g/mol. The van der Waals surface area contributed by atoms with Crippen LogP contribution in [0.3, 0.4) is 0 Å². The molecule has 2 atom stereocenters. The molecule has 1 rings (SSSR count). The number of hydrogen-bond acceptors (Lipinski definition) is 4. The van der Waals surface area contributed by atoms with E-state index in [0.29, 0.717) is 0 Å². The minimum Gasteiger partial charge on any atom is -0.462 e. The Kier molecular flexibility index (Phi) is 4.18. The lowest BCUT2D eigenvalue weighted by atomic mass is 10.1. The minimum atomic E-state index is -0.576. The molecule has 0 radical (unpaired) electrons. The molecule has 4 heteroatoms. The summed E-state index contributed by atoms with van der Waals surface area (Å²) < 4.78 is 4.89. The van der Waals surface area contributed by atoms with Crippen LogP contribution in [0.2, 0.25) is 0 Å². The van der Waals surface area contributed by atoms with Gasteiger partial charge in [0.15, 0.2) is 0 Å². The molecule has 13 heavy (non-hydrogen) atoms. The number of ether oxygens (including phenoxy) is 1. The van der Waals surface area contributed by atoms with Gasteiger partial charge in [0, 0.05) is 0 Å². The van der Waals surface area contributed by atoms with Crippen molar-refractivity contribution in [3.63, 3.8) is 0 Å². The second kappa shape index (κ2) is 5.19. The largest absolute Gasteiger partial charge is 0.462 e. The first-order valence-electron chi connectivity index (χ1n) is 4.78. The molecule has 1 aliphatic heterocycles. The topological polar surface area (TPSA) is 58.6 Å². The molecule has 0 aliphatic carbocycles. The van der Waals surface area contributed by atoms with Gasteiger partial charge in [-0.05, 0) is 26.3 Å². The second-order valence-electron chi connectivity index (χ2n) is 3.48. The number of carbonyl (C=O) groups excluding carboxylic acids is 1. The molecule has 1 aliphatic rings. The second-order valence-corrected chi connectivity index (χ2v) is 3.48. The highest BCUT2D eigenvalue weighted by atomic mass is 16.5. The maximum atomic E-state index is 11.3. The van der Waals surface area contributed by atoms with Crippen LogP contribution < -0.4 is 5.32 Å². The first-order valence-corrected chi connectivity index (χ1v) is 4.78. The van der Waals surface area contributed by atoms with Crippen molar-refractivity contribution in [1.29, 1.82) is 0 Å². The number of piperidine rings is 1. The highest BCUT2D eigenvalue weighted by molar-refractivity contribution is 5.75. The highest BCUT2D eigenvalue weighted by Crippen LogP contribution is 2.08. The Morgan fingerprint density at radius 1 is 1.69 bits per heavy atom. The molecular weight excluding hydrogens is 170 g/mol. The molecule has 0 amide bonds. The minimum absolute atomic E-state index is 0.0943. The van der Waals surface area contributed by atoms with E-state index in [1.807, 2.05) is 0 Å². The van der Waals surface area contributed by atoms with Crippen LogP contribution in [-0.4, -0.2) is 36.4 Å². The normalized spacial score (nSPS) is 25.2. The van der Waals surface area contributed by atoms with E-state index in [0.717, 1.165) is 25.8 Å². The molecule has 4 nitrogen and oxygen atoms in total. The zero-order valence-corrected chi connectivity index (χ0v) is 7.95. The number of hydrogen-bond donors (Lipinski definition) is 2. The fraction of sp³-hybridized carbons (Fsp3) is 0.889. The number of esters is 1. The predicted octanol–water partition coefficient (Wildman–Crippen LogP) is 0.0525. The van der Waals surface area contributed by atoms with Gasteiger partial charge in [0.25, 0.3) is 0 Å². The van der Waals surface area contributed by atoms with Gasteiger partial charge in [-0.25, -0.2) is 0 Å². The average Bonchev–Trinajstić information content (AvgIpc) is 2.15. The van der Waals surface area contributed by atoms with Crippen molar-refractivity contribution in [2.24, 2.45) is 0 Å². The third-order valence-electron chi connectivity index (χ3n) is 2.06. The molecule has 76 valence electrons. The quantitative estimate of drug-likeness (QED) is 0.613. The molecule has 0 spiro atoms. The molecule has 0 aromatic rings. The predicted molar refractivity (Wildman–Crippen MR) is 48.3 cm³/mol. The highest BCUT2D eigenvalue weighted by Gasteiger charge is 2.21. The summed E-state index contributed by atoms with van der Waals surface area (Å²) >= 11 is 0. The molecule has 2 N–H and O–H groups in total. The van der Waals surface area contributed by atoms with Crippen LogP contribution in [0.15, 0.2) is 0 Å². The Labute approximate surface area is 78.3 Å². The lowest BCUT2D eigenvalue weighted by molar-refractivity contribution is -0.149. The summed E-state index contributed by atoms with van der Waals surface area (Å²) in [6, 6.07) is -0.160. The van der Waals surface area contributed by atoms with E-state index in [9.17, 15) is 4.79 Å². The summed E-state index contributed by atoms with van der Waals surface area (Å²) in [7, 11) is 0. The van der Waals surface area contributed by atoms with Crippen LogP contribution in [0, 0.1) is 0 Å². The van der Waals surface area contributed by atoms with Gasteiger partial charge in [-0.2, -0.15) is 0 Å². The van der Waals surface area contributed by atoms with Crippen molar-refractivity contribution in [3.05, 3.63) is 0 Å². The smallest absolute Gasteiger partial charge is 0.323 e. The van der Waals surface area contributed by atoms with Crippen molar-refractivity contribution in [2.45, 2.75) is 38.3 Å². The van der Waals surface area contributed by atoms with E-state index in [1.165, 1.54) is 0 Å². The van der Waals surface area contributed by atoms with Gasteiger partial charge in [0.05, 0.1) is 6.10 Å². The molecule has 1 unspecified atom stereocenters. The van der Waals surface area contributed by atoms with Gasteiger partial charge in [-0.1, -0.05) is 6.42 Å². The maximum absolute atomic E-state index is 11.3. The van der Waals surface area contributed by atoms with E-state index in [-0.39, 0.29) is 18.6 Å². The average molecular weight is 187 g/mol. The van der Waals surface area contributed by atoms with Gasteiger partial charge in [0.2, 0.25) is 0 Å². The van der Waals surface area contributed by atoms with Crippen LogP contribution in [0.25, 0.3) is 0 Å². The number of aliphatic hydroxyl groups is 1. The Morgan fingerprint density at radius 3 is 3.00 bits per heavy atom. The molecule has 0 aromatic heterocycles. The van der Waals surface area contributed by atoms with Crippen molar-refractivity contribution in [2.75, 3.05) is 13.2 Å². The molecule has 0 bridgehead atoms. The summed E-state index contributed by atoms with van der Waals surface area (Å²) in [4.78, 5) is 11.3. The molecular formula is C9H17NO3. The summed E-state index contributed by atoms with van der Waals surface area (Å²) in [5.41, 5.74) is 0. The zero-order chi connectivity index (χ0) is 9.68. The third-order valence-corrected chi connectivity index (χ3v) is 2.06. The standard InChI is InChI=1S/C9H17NO3/c1-7(11)6-13-9(12)8-4-2-3-5-10-8/h7-8,10-11H,2-6H2,1H3/t7?,8-/m0/s1. The van der Waals surface area contributed by atoms with E-state index >= 15 is 0 Å². The summed E-state index contributed by atoms with van der Waals surface area (Å²) in [5, 5.41) is 12.0. The van der Waals surface area contributed by atoms with Crippen LogP contribution in [-0.2, 0) is 9.53 Å². The van der Waals surface area contributed by atoms with Crippen molar-refractivity contribution < 1.29 is 14.6 Å². The number of rotatable bonds is 3. The Balaban J connectivity index is 2.21. The fourth-order valence-corrected chi connectivity index (χ4v) is 1.36. The van der Waals surface area contributed by atoms with Gasteiger partial charge in [-0.3, -0.25) is 4.79 Å². The van der Waals surface area contributed by atoms with E-state index in [1.54, 1.807) is 6.92 Å². The van der Waals surface area contributed by atoms with Crippen molar-refractivity contribution >= 4 is 5.97 Å². The number of aliphatic hydroxyl groups excluding tert-OH is 1. The SMILES string of the molecule is CC(O)COC(=O)[C@@H]1CCCCN1. The fourth-order valence-electron chi connectivity index (χ4n) is 1.36. The van der Waals surface area contributed by atoms with Gasteiger partial charge in [-0.15, -0.1) is 0 Å². The Bertz CT molecular complexity index is 164. The maximum Gasteiger partial charge on any atom is 0.323 e. The van der Waals surface area contributed by atoms with Crippen LogP contribution in [0.4, 0.5) is 0 Å². The third kappa shape index (κ3) is 3.74. The molecule has 1 saturated heterocycles. The Morgan fingerprint density at radius 2 is 2.46 bits per heavy atom. The van der Waals surface area contributed by atoms with Crippen LogP contribution >= 0.6 is 0 Å². The summed E-state index contributed by atoms with van der Waals surface area (Å²) in [5.74, 6) is -0.236. The molecule has 0 saturated carbocycles. The molecule has 1 fully saturated rings. The van der Waals surface area contributed by atoms with Crippen molar-refractivity contribution in [1.82, 2.24) is 5.32 Å². The molecule has 1 heterocycles. The van der Waals surface area contributed by atoms with E-state index in [4.69, 9.17) is 9.84 Å². The van der Waals surface area contributed by atoms with Crippen LogP contribution in [0.1, 0.15) is 26.2 Å². The summed E-state index contributed by atoms with van der Waals surface area (Å²) in [6.07, 6.45) is 2.47. The number of carbonyl (C=O) groups is 1. The lowest BCUT2D eigenvalue weighted by Crippen LogP contribution is -2.42. The molecule has 0 aromatic carbocycles. The van der Waals surface area contributed by atoms with E-state index < -0.39 is 6.10 Å².